The van der Waals surface area contributed by atoms with Crippen molar-refractivity contribution in [3.05, 3.63) is 59.9 Å². The van der Waals surface area contributed by atoms with E-state index in [4.69, 9.17) is 19.2 Å². The van der Waals surface area contributed by atoms with Crippen LogP contribution in [-0.2, 0) is 4.74 Å². The highest BCUT2D eigenvalue weighted by atomic mass is 16.6. The summed E-state index contributed by atoms with van der Waals surface area (Å²) in [4.78, 5) is 19.2. The zero-order valence-electron chi connectivity index (χ0n) is 24.0. The van der Waals surface area contributed by atoms with Crippen LogP contribution in [0.5, 0.6) is 11.5 Å². The summed E-state index contributed by atoms with van der Waals surface area (Å²) in [6.07, 6.45) is 1.08. The first-order valence-electron chi connectivity index (χ1n) is 13.8. The largest absolute Gasteiger partial charge is 0.494 e. The van der Waals surface area contributed by atoms with Crippen LogP contribution in [0.4, 0.5) is 4.79 Å². The Morgan fingerprint density at radius 3 is 2.40 bits per heavy atom. The Bertz CT molecular complexity index is 1600. The molecule has 0 N–H and O–H groups in total. The summed E-state index contributed by atoms with van der Waals surface area (Å²) in [6, 6.07) is 18.0. The van der Waals surface area contributed by atoms with Gasteiger partial charge in [-0.05, 0) is 32.9 Å². The normalized spacial score (nSPS) is 14.5. The van der Waals surface area contributed by atoms with Crippen molar-refractivity contribution >= 4 is 27.9 Å². The molecule has 2 heterocycles. The molecule has 1 saturated heterocycles. The Morgan fingerprint density at radius 1 is 1.07 bits per heavy atom. The number of benzene rings is 3. The molecular weight excluding hydrogens is 504 g/mol. The minimum Gasteiger partial charge on any atom is -0.494 e. The van der Waals surface area contributed by atoms with Crippen molar-refractivity contribution in [3.8, 4) is 23.3 Å². The van der Waals surface area contributed by atoms with E-state index in [9.17, 15) is 10.1 Å². The van der Waals surface area contributed by atoms with E-state index in [1.807, 2.05) is 69.3 Å². The molecule has 8 nitrogen and oxygen atoms in total. The second-order valence-electron chi connectivity index (χ2n) is 11.5. The standard InChI is InChI=1S/C32H36N4O4/c1-20(2)30-34-29-27(36(30)26-12-11-21(19-33)24-9-7-8-10-25(24)26)17-23(18-28(29)38-6)39-22-13-15-35(16-14-22)31(37)40-32(3,4)5/h7-12,17-18,20,22H,13-16H2,1-6H3. The average molecular weight is 541 g/mol. The summed E-state index contributed by atoms with van der Waals surface area (Å²) in [5.74, 6) is 2.35. The third-order valence-corrected chi connectivity index (χ3v) is 7.12. The fraction of sp³-hybridized carbons (Fsp3) is 0.406. The highest BCUT2D eigenvalue weighted by Crippen LogP contribution is 2.38. The zero-order valence-corrected chi connectivity index (χ0v) is 24.0. The van der Waals surface area contributed by atoms with Gasteiger partial charge in [-0.1, -0.05) is 38.1 Å². The molecule has 0 bridgehead atoms. The highest BCUT2D eigenvalue weighted by molar-refractivity contribution is 5.97. The molecule has 40 heavy (non-hydrogen) atoms. The van der Waals surface area contributed by atoms with E-state index >= 15 is 0 Å². The predicted molar refractivity (Wildman–Crippen MR) is 155 cm³/mol. The maximum atomic E-state index is 12.5. The minimum absolute atomic E-state index is 0.0440. The van der Waals surface area contributed by atoms with Gasteiger partial charge in [0.2, 0.25) is 0 Å². The Kier molecular flexibility index (Phi) is 7.33. The molecule has 5 rings (SSSR count). The van der Waals surface area contributed by atoms with Gasteiger partial charge in [-0.15, -0.1) is 0 Å². The predicted octanol–water partition coefficient (Wildman–Crippen LogP) is 6.96. The smallest absolute Gasteiger partial charge is 0.410 e. The Morgan fingerprint density at radius 2 is 1.77 bits per heavy atom. The van der Waals surface area contributed by atoms with Gasteiger partial charge in [-0.25, -0.2) is 9.78 Å². The monoisotopic (exact) mass is 540 g/mol. The summed E-state index contributed by atoms with van der Waals surface area (Å²) in [5, 5.41) is 11.6. The number of piperidine rings is 1. The number of methoxy groups -OCH3 is 1. The van der Waals surface area contributed by atoms with Crippen molar-refractivity contribution in [1.82, 2.24) is 14.5 Å². The molecule has 0 radical (unpaired) electrons. The van der Waals surface area contributed by atoms with Gasteiger partial charge in [-0.2, -0.15) is 5.26 Å². The Balaban J connectivity index is 1.52. The number of hydrogen-bond donors (Lipinski definition) is 0. The van der Waals surface area contributed by atoms with Gasteiger partial charge < -0.3 is 19.1 Å². The summed E-state index contributed by atoms with van der Waals surface area (Å²) in [7, 11) is 1.64. The van der Waals surface area contributed by atoms with Crippen molar-refractivity contribution in [2.24, 2.45) is 0 Å². The first-order chi connectivity index (χ1) is 19.1. The highest BCUT2D eigenvalue weighted by Gasteiger charge is 2.28. The number of carbonyl (C=O) groups excluding carboxylic acids is 1. The number of hydrogen-bond acceptors (Lipinski definition) is 6. The fourth-order valence-corrected chi connectivity index (χ4v) is 5.25. The lowest BCUT2D eigenvalue weighted by molar-refractivity contribution is 0.0126. The second kappa shape index (κ2) is 10.7. The van der Waals surface area contributed by atoms with E-state index in [0.717, 1.165) is 33.3 Å². The van der Waals surface area contributed by atoms with Crippen LogP contribution < -0.4 is 9.47 Å². The lowest BCUT2D eigenvalue weighted by atomic mass is 10.0. The lowest BCUT2D eigenvalue weighted by Gasteiger charge is -2.33. The first-order valence-corrected chi connectivity index (χ1v) is 13.8. The van der Waals surface area contributed by atoms with Crippen LogP contribution >= 0.6 is 0 Å². The van der Waals surface area contributed by atoms with Gasteiger partial charge in [0.1, 0.15) is 34.5 Å². The molecule has 1 aromatic heterocycles. The van der Waals surface area contributed by atoms with Crippen molar-refractivity contribution < 1.29 is 19.0 Å². The van der Waals surface area contributed by atoms with Crippen LogP contribution in [0.1, 0.15) is 64.8 Å². The summed E-state index contributed by atoms with van der Waals surface area (Å²) in [6.45, 7) is 11.0. The second-order valence-corrected chi connectivity index (χ2v) is 11.5. The molecular formula is C32H36N4O4. The van der Waals surface area contributed by atoms with Gasteiger partial charge >= 0.3 is 6.09 Å². The van der Waals surface area contributed by atoms with Crippen molar-refractivity contribution in [2.45, 2.75) is 65.1 Å². The van der Waals surface area contributed by atoms with E-state index in [1.54, 1.807) is 12.0 Å². The SMILES string of the molecule is COc1cc(OC2CCN(C(=O)OC(C)(C)C)CC2)cc2c1nc(C(C)C)n2-c1ccc(C#N)c2ccccc12. The number of nitriles is 1. The number of aromatic nitrogens is 2. The zero-order chi connectivity index (χ0) is 28.6. The molecule has 1 aliphatic rings. The maximum Gasteiger partial charge on any atom is 0.410 e. The van der Waals surface area contributed by atoms with Crippen LogP contribution in [-0.4, -0.2) is 52.4 Å². The lowest BCUT2D eigenvalue weighted by Crippen LogP contribution is -2.44. The molecule has 1 amide bonds. The molecule has 0 spiro atoms. The number of fused-ring (bicyclic) bond motifs is 2. The maximum absolute atomic E-state index is 12.5. The molecule has 3 aromatic carbocycles. The summed E-state index contributed by atoms with van der Waals surface area (Å²) < 4.78 is 20.0. The number of carbonyl (C=O) groups is 1. The van der Waals surface area contributed by atoms with Crippen LogP contribution in [0, 0.1) is 11.3 Å². The van der Waals surface area contributed by atoms with Crippen LogP contribution in [0.2, 0.25) is 0 Å². The number of ether oxygens (including phenoxy) is 3. The average Bonchev–Trinajstić information content (AvgIpc) is 3.31. The van der Waals surface area contributed by atoms with Crippen molar-refractivity contribution in [3.63, 3.8) is 0 Å². The van der Waals surface area contributed by atoms with E-state index in [-0.39, 0.29) is 18.1 Å². The van der Waals surface area contributed by atoms with Gasteiger partial charge in [0.15, 0.2) is 0 Å². The van der Waals surface area contributed by atoms with Crippen molar-refractivity contribution in [1.29, 1.82) is 5.26 Å². The van der Waals surface area contributed by atoms with Crippen molar-refractivity contribution in [2.75, 3.05) is 20.2 Å². The number of rotatable bonds is 5. The fourth-order valence-electron chi connectivity index (χ4n) is 5.25. The van der Waals surface area contributed by atoms with E-state index in [2.05, 4.69) is 24.5 Å². The molecule has 8 heteroatoms. The Labute approximate surface area is 235 Å². The van der Waals surface area contributed by atoms with E-state index in [0.29, 0.717) is 43.0 Å². The van der Waals surface area contributed by atoms with Crippen LogP contribution in [0.25, 0.3) is 27.5 Å². The van der Waals surface area contributed by atoms with Gasteiger partial charge in [0.05, 0.1) is 29.9 Å². The van der Waals surface area contributed by atoms with Gasteiger partial charge in [-0.3, -0.25) is 4.57 Å². The third-order valence-electron chi connectivity index (χ3n) is 7.12. The molecule has 208 valence electrons. The van der Waals surface area contributed by atoms with Gasteiger partial charge in [0.25, 0.3) is 0 Å². The molecule has 0 aliphatic carbocycles. The summed E-state index contributed by atoms with van der Waals surface area (Å²) >= 11 is 0. The van der Waals surface area contributed by atoms with Crippen LogP contribution in [0.15, 0.2) is 48.5 Å². The number of imidazole rings is 1. The Hall–Kier alpha value is -4.25. The third kappa shape index (κ3) is 5.29. The minimum atomic E-state index is -0.519. The number of amides is 1. The molecule has 1 aliphatic heterocycles. The molecule has 0 saturated carbocycles. The van der Waals surface area contributed by atoms with E-state index < -0.39 is 5.60 Å². The number of nitrogens with zero attached hydrogens (tertiary/aromatic N) is 4. The molecule has 0 unspecified atom stereocenters. The molecule has 1 fully saturated rings. The first kappa shape index (κ1) is 27.3. The van der Waals surface area contributed by atoms with Gasteiger partial charge in [0, 0.05) is 54.8 Å². The quantitative estimate of drug-likeness (QED) is 0.272. The topological polar surface area (TPSA) is 89.6 Å². The molecule has 4 aromatic rings. The molecule has 0 atom stereocenters. The van der Waals surface area contributed by atoms with E-state index in [1.165, 1.54) is 0 Å². The number of likely N-dealkylation sites (tertiary alicyclic amines) is 1. The summed E-state index contributed by atoms with van der Waals surface area (Å²) in [5.41, 5.74) is 2.69. The van der Waals surface area contributed by atoms with Crippen LogP contribution in [0.3, 0.4) is 0 Å².